The van der Waals surface area contributed by atoms with Gasteiger partial charge >= 0.3 is 6.18 Å². The molecule has 4 aromatic rings. The maximum atomic E-state index is 14.0. The third kappa shape index (κ3) is 3.96. The molecule has 1 heterocycles. The Morgan fingerprint density at radius 2 is 1.47 bits per heavy atom. The predicted molar refractivity (Wildman–Crippen MR) is 112 cm³/mol. The summed E-state index contributed by atoms with van der Waals surface area (Å²) in [4.78, 5) is 3.30. The van der Waals surface area contributed by atoms with Crippen molar-refractivity contribution in [1.29, 1.82) is 0 Å². The van der Waals surface area contributed by atoms with E-state index in [2.05, 4.69) is 4.98 Å². The van der Waals surface area contributed by atoms with Gasteiger partial charge in [0.2, 0.25) is 0 Å². The maximum absolute atomic E-state index is 14.0. The molecular formula is C25H18F5NO. The Labute approximate surface area is 181 Å². The highest BCUT2D eigenvalue weighted by atomic mass is 19.4. The fourth-order valence-electron chi connectivity index (χ4n) is 3.95. The van der Waals surface area contributed by atoms with Gasteiger partial charge in [-0.15, -0.1) is 0 Å². The zero-order valence-corrected chi connectivity index (χ0v) is 16.9. The summed E-state index contributed by atoms with van der Waals surface area (Å²) in [5.41, 5.74) is -2.64. The van der Waals surface area contributed by atoms with Crippen LogP contribution in [0.25, 0.3) is 21.9 Å². The van der Waals surface area contributed by atoms with Crippen LogP contribution in [-0.2, 0) is 6.18 Å². The summed E-state index contributed by atoms with van der Waals surface area (Å²) in [6, 6.07) is 20.1. The first-order valence-electron chi connectivity index (χ1n) is 9.80. The van der Waals surface area contributed by atoms with Crippen LogP contribution in [0.2, 0.25) is 0 Å². The Balaban J connectivity index is 2.03. The van der Waals surface area contributed by atoms with Gasteiger partial charge in [0.1, 0.15) is 17.5 Å². The van der Waals surface area contributed by atoms with Gasteiger partial charge in [-0.25, -0.2) is 13.8 Å². The number of hydrogen-bond acceptors (Lipinski definition) is 2. The molecule has 4 rings (SSSR count). The Morgan fingerprint density at radius 3 is 2.09 bits per heavy atom. The van der Waals surface area contributed by atoms with Crippen molar-refractivity contribution in [2.75, 3.05) is 0 Å². The second-order valence-corrected chi connectivity index (χ2v) is 7.43. The number of fused-ring (bicyclic) bond motifs is 1. The first-order chi connectivity index (χ1) is 15.2. The van der Waals surface area contributed by atoms with Crippen molar-refractivity contribution >= 4 is 10.8 Å². The highest BCUT2D eigenvalue weighted by Crippen LogP contribution is 2.44. The Hall–Kier alpha value is -3.32. The van der Waals surface area contributed by atoms with Crippen LogP contribution in [0.15, 0.2) is 72.8 Å². The summed E-state index contributed by atoms with van der Waals surface area (Å²) < 4.78 is 69.0. The average Bonchev–Trinajstić information content (AvgIpc) is 2.77. The van der Waals surface area contributed by atoms with Crippen LogP contribution in [0.3, 0.4) is 0 Å². The van der Waals surface area contributed by atoms with Gasteiger partial charge in [-0.1, -0.05) is 66.7 Å². The second kappa shape index (κ2) is 8.31. The molecule has 164 valence electrons. The lowest BCUT2D eigenvalue weighted by atomic mass is 9.87. The first-order valence-corrected chi connectivity index (χ1v) is 9.80. The fourth-order valence-corrected chi connectivity index (χ4v) is 3.95. The van der Waals surface area contributed by atoms with E-state index in [1.165, 1.54) is 19.1 Å². The molecule has 3 aromatic carbocycles. The fraction of sp³-hybridized carbons (Fsp3) is 0.160. The number of pyridine rings is 1. The third-order valence-corrected chi connectivity index (χ3v) is 5.41. The van der Waals surface area contributed by atoms with Gasteiger partial charge in [0.15, 0.2) is 0 Å². The van der Waals surface area contributed by atoms with E-state index >= 15 is 0 Å². The lowest BCUT2D eigenvalue weighted by molar-refractivity contribution is -0.141. The zero-order valence-electron chi connectivity index (χ0n) is 16.9. The number of aromatic nitrogens is 1. The van der Waals surface area contributed by atoms with E-state index in [-0.39, 0.29) is 27.8 Å². The smallest absolute Gasteiger partial charge is 0.384 e. The van der Waals surface area contributed by atoms with Crippen molar-refractivity contribution in [3.05, 3.63) is 101 Å². The summed E-state index contributed by atoms with van der Waals surface area (Å²) in [7, 11) is 0. The zero-order chi connectivity index (χ0) is 23.0. The van der Waals surface area contributed by atoms with Crippen molar-refractivity contribution in [2.24, 2.45) is 0 Å². The Morgan fingerprint density at radius 1 is 0.844 bits per heavy atom. The van der Waals surface area contributed by atoms with Crippen LogP contribution < -0.4 is 0 Å². The summed E-state index contributed by atoms with van der Waals surface area (Å²) in [6.07, 6.45) is -9.85. The molecule has 1 atom stereocenters. The maximum Gasteiger partial charge on any atom is 0.433 e. The minimum atomic E-state index is -4.93. The highest BCUT2D eigenvalue weighted by Gasteiger charge is 2.39. The topological polar surface area (TPSA) is 33.1 Å². The summed E-state index contributed by atoms with van der Waals surface area (Å²) in [5, 5.41) is 12.8. The molecule has 7 heteroatoms. The highest BCUT2D eigenvalue weighted by molar-refractivity contribution is 5.83. The Kier molecular flexibility index (Phi) is 5.69. The first kappa shape index (κ1) is 21.9. The number of rotatable bonds is 4. The SMILES string of the molecule is Cc1c(C(F)(F)F)nc(C(F)F)c(C(O)c2ccc3ccccc3c2)c1-c1ccccc1. The predicted octanol–water partition coefficient (Wildman–Crippen LogP) is 7.25. The molecule has 0 amide bonds. The Bertz CT molecular complexity index is 1270. The van der Waals surface area contributed by atoms with E-state index in [0.717, 1.165) is 10.8 Å². The van der Waals surface area contributed by atoms with E-state index in [4.69, 9.17) is 0 Å². The molecule has 0 fully saturated rings. The minimum absolute atomic E-state index is 0.0936. The number of hydrogen-bond donors (Lipinski definition) is 1. The molecule has 1 N–H and O–H groups in total. The van der Waals surface area contributed by atoms with E-state index in [1.54, 1.807) is 48.5 Å². The quantitative estimate of drug-likeness (QED) is 0.337. The number of aliphatic hydroxyl groups excluding tert-OH is 1. The van der Waals surface area contributed by atoms with Gasteiger partial charge in [0.25, 0.3) is 6.43 Å². The summed E-state index contributed by atoms with van der Waals surface area (Å²) in [5.74, 6) is 0. The largest absolute Gasteiger partial charge is 0.433 e. The molecule has 0 aliphatic rings. The molecule has 2 nitrogen and oxygen atoms in total. The van der Waals surface area contributed by atoms with Crippen LogP contribution in [-0.4, -0.2) is 10.1 Å². The molecule has 0 bridgehead atoms. The molecular weight excluding hydrogens is 425 g/mol. The molecule has 32 heavy (non-hydrogen) atoms. The number of alkyl halides is 5. The third-order valence-electron chi connectivity index (χ3n) is 5.41. The monoisotopic (exact) mass is 443 g/mol. The molecule has 0 radical (unpaired) electrons. The van der Waals surface area contributed by atoms with Gasteiger partial charge in [-0.2, -0.15) is 13.2 Å². The van der Waals surface area contributed by atoms with Crippen molar-refractivity contribution in [3.63, 3.8) is 0 Å². The standard InChI is InChI=1S/C25H18F5NO/c1-14-19(16-8-3-2-4-9-16)20(21(24(26)27)31-23(14)25(28,29)30)22(32)18-12-11-15-7-5-6-10-17(15)13-18/h2-13,22,24,32H,1H3. The van der Waals surface area contributed by atoms with E-state index in [0.29, 0.717) is 0 Å². The van der Waals surface area contributed by atoms with Crippen LogP contribution in [0, 0.1) is 6.92 Å². The van der Waals surface area contributed by atoms with Gasteiger partial charge in [0.05, 0.1) is 0 Å². The van der Waals surface area contributed by atoms with Crippen LogP contribution >= 0.6 is 0 Å². The summed E-state index contributed by atoms with van der Waals surface area (Å²) in [6.45, 7) is 1.18. The van der Waals surface area contributed by atoms with Crippen molar-refractivity contribution in [1.82, 2.24) is 4.98 Å². The number of aliphatic hydroxyl groups is 1. The normalized spacial score (nSPS) is 13.0. The molecule has 0 aliphatic carbocycles. The van der Waals surface area contributed by atoms with E-state index < -0.39 is 30.1 Å². The van der Waals surface area contributed by atoms with Crippen LogP contribution in [0.4, 0.5) is 22.0 Å². The minimum Gasteiger partial charge on any atom is -0.384 e. The molecule has 0 spiro atoms. The number of benzene rings is 3. The number of halogens is 5. The van der Waals surface area contributed by atoms with Crippen molar-refractivity contribution in [2.45, 2.75) is 25.6 Å². The van der Waals surface area contributed by atoms with Crippen molar-refractivity contribution < 1.29 is 27.1 Å². The van der Waals surface area contributed by atoms with Gasteiger partial charge in [-0.05, 0) is 46.0 Å². The van der Waals surface area contributed by atoms with E-state index in [9.17, 15) is 27.1 Å². The lowest BCUT2D eigenvalue weighted by Gasteiger charge is -2.24. The molecule has 1 unspecified atom stereocenters. The molecule has 0 saturated carbocycles. The summed E-state index contributed by atoms with van der Waals surface area (Å²) >= 11 is 0. The van der Waals surface area contributed by atoms with Gasteiger partial charge < -0.3 is 5.11 Å². The second-order valence-electron chi connectivity index (χ2n) is 7.43. The molecule has 0 saturated heterocycles. The van der Waals surface area contributed by atoms with Crippen molar-refractivity contribution in [3.8, 4) is 11.1 Å². The molecule has 0 aliphatic heterocycles. The van der Waals surface area contributed by atoms with Crippen LogP contribution in [0.5, 0.6) is 0 Å². The number of nitrogens with zero attached hydrogens (tertiary/aromatic N) is 1. The van der Waals surface area contributed by atoms with Gasteiger partial charge in [0, 0.05) is 5.56 Å². The average molecular weight is 443 g/mol. The molecule has 1 aromatic heterocycles. The van der Waals surface area contributed by atoms with E-state index in [1.807, 2.05) is 12.1 Å². The van der Waals surface area contributed by atoms with Crippen LogP contribution in [0.1, 0.15) is 40.6 Å². The lowest BCUT2D eigenvalue weighted by Crippen LogP contribution is -2.18. The van der Waals surface area contributed by atoms with Gasteiger partial charge in [-0.3, -0.25) is 0 Å².